The van der Waals surface area contributed by atoms with E-state index in [4.69, 9.17) is 34.8 Å². The van der Waals surface area contributed by atoms with Gasteiger partial charge in [-0.25, -0.2) is 4.68 Å². The summed E-state index contributed by atoms with van der Waals surface area (Å²) in [6.45, 7) is 0. The molecule has 0 spiro atoms. The fourth-order valence-electron chi connectivity index (χ4n) is 4.17. The lowest BCUT2D eigenvalue weighted by Crippen LogP contribution is -2.32. The monoisotopic (exact) mass is 486 g/mol. The number of carbonyl (C=O) groups is 2. The molecule has 162 valence electrons. The third-order valence-corrected chi connectivity index (χ3v) is 6.46. The molecule has 0 fully saturated rings. The summed E-state index contributed by atoms with van der Waals surface area (Å²) >= 11 is 18.6. The predicted molar refractivity (Wildman–Crippen MR) is 126 cm³/mol. The summed E-state index contributed by atoms with van der Waals surface area (Å²) in [4.78, 5) is 26.0. The standard InChI is InChI=1S/C23H17Cl3N4O2/c24-12-4-7-14(8-5-12)28-23(32)16-11-27-30-21(15-9-6-13(25)10-17(15)26)20-18(29-22(16)30)2-1-3-19(20)31/h4-11,21,29H,1-3H2,(H,28,32). The highest BCUT2D eigenvalue weighted by Crippen LogP contribution is 2.43. The molecule has 1 aliphatic carbocycles. The summed E-state index contributed by atoms with van der Waals surface area (Å²) in [6.07, 6.45) is 3.40. The molecule has 6 nitrogen and oxygen atoms in total. The first kappa shape index (κ1) is 21.1. The molecule has 0 saturated heterocycles. The molecule has 9 heteroatoms. The van der Waals surface area contributed by atoms with E-state index in [2.05, 4.69) is 15.7 Å². The van der Waals surface area contributed by atoms with Crippen molar-refractivity contribution >= 4 is 58.0 Å². The van der Waals surface area contributed by atoms with Gasteiger partial charge in [-0.3, -0.25) is 9.59 Å². The number of benzene rings is 2. The van der Waals surface area contributed by atoms with Crippen molar-refractivity contribution in [2.24, 2.45) is 0 Å². The first-order chi connectivity index (χ1) is 15.4. The van der Waals surface area contributed by atoms with Crippen LogP contribution in [0, 0.1) is 0 Å². The molecule has 0 bridgehead atoms. The minimum atomic E-state index is -0.545. The third-order valence-electron chi connectivity index (χ3n) is 5.64. The Bertz CT molecular complexity index is 1280. The highest BCUT2D eigenvalue weighted by molar-refractivity contribution is 6.35. The van der Waals surface area contributed by atoms with Crippen molar-refractivity contribution in [1.29, 1.82) is 0 Å². The van der Waals surface area contributed by atoms with E-state index in [1.165, 1.54) is 6.20 Å². The van der Waals surface area contributed by atoms with Crippen molar-refractivity contribution in [3.8, 4) is 0 Å². The van der Waals surface area contributed by atoms with Crippen LogP contribution in [0.25, 0.3) is 0 Å². The molecule has 3 aromatic rings. The Labute approximate surface area is 199 Å². The maximum Gasteiger partial charge on any atom is 0.261 e. The number of amides is 1. The van der Waals surface area contributed by atoms with Crippen LogP contribution in [-0.2, 0) is 4.79 Å². The zero-order valence-electron chi connectivity index (χ0n) is 16.7. The van der Waals surface area contributed by atoms with Gasteiger partial charge in [-0.05, 0) is 49.2 Å². The van der Waals surface area contributed by atoms with E-state index < -0.39 is 6.04 Å². The van der Waals surface area contributed by atoms with E-state index in [1.54, 1.807) is 47.1 Å². The van der Waals surface area contributed by atoms with E-state index in [0.717, 1.165) is 12.1 Å². The summed E-state index contributed by atoms with van der Waals surface area (Å²) in [5.41, 5.74) is 3.10. The first-order valence-electron chi connectivity index (χ1n) is 10.0. The number of carbonyl (C=O) groups excluding carboxylic acids is 2. The van der Waals surface area contributed by atoms with Crippen molar-refractivity contribution in [3.63, 3.8) is 0 Å². The first-order valence-corrected chi connectivity index (χ1v) is 11.2. The van der Waals surface area contributed by atoms with Gasteiger partial charge < -0.3 is 10.6 Å². The molecule has 0 saturated carbocycles. The molecule has 1 unspecified atom stereocenters. The number of nitrogens with one attached hydrogen (secondary N) is 2. The number of halogens is 3. The number of ketones is 1. The molecule has 2 N–H and O–H groups in total. The van der Waals surface area contributed by atoms with Crippen LogP contribution in [0.15, 0.2) is 59.9 Å². The van der Waals surface area contributed by atoms with Crippen LogP contribution >= 0.6 is 34.8 Å². The molecule has 0 radical (unpaired) electrons. The summed E-state index contributed by atoms with van der Waals surface area (Å²) in [7, 11) is 0. The molecular weight excluding hydrogens is 471 g/mol. The molecule has 1 atom stereocenters. The number of rotatable bonds is 3. The molecule has 5 rings (SSSR count). The number of fused-ring (bicyclic) bond motifs is 1. The number of aromatic nitrogens is 2. The smallest absolute Gasteiger partial charge is 0.261 e. The largest absolute Gasteiger partial charge is 0.343 e. The molecular formula is C23H17Cl3N4O2. The average molecular weight is 488 g/mol. The minimum Gasteiger partial charge on any atom is -0.343 e. The van der Waals surface area contributed by atoms with Gasteiger partial charge in [0.15, 0.2) is 5.78 Å². The number of Topliss-reactive ketones (excluding diaryl/α,β-unsaturated/α-hetero) is 1. The van der Waals surface area contributed by atoms with E-state index in [9.17, 15) is 9.59 Å². The lowest BCUT2D eigenvalue weighted by atomic mass is 9.85. The normalized spacial score (nSPS) is 17.5. The molecule has 2 heterocycles. The van der Waals surface area contributed by atoms with Crippen molar-refractivity contribution in [3.05, 3.63) is 86.1 Å². The summed E-state index contributed by atoms with van der Waals surface area (Å²) in [5.74, 6) is 0.234. The van der Waals surface area contributed by atoms with Crippen LogP contribution in [0.5, 0.6) is 0 Å². The van der Waals surface area contributed by atoms with Gasteiger partial charge in [0.25, 0.3) is 5.91 Å². The van der Waals surface area contributed by atoms with Crippen LogP contribution in [0.3, 0.4) is 0 Å². The highest BCUT2D eigenvalue weighted by atomic mass is 35.5. The van der Waals surface area contributed by atoms with Gasteiger partial charge in [0.05, 0.1) is 6.20 Å². The van der Waals surface area contributed by atoms with E-state index >= 15 is 0 Å². The van der Waals surface area contributed by atoms with E-state index in [-0.39, 0.29) is 11.7 Å². The van der Waals surface area contributed by atoms with E-state index in [0.29, 0.717) is 56.1 Å². The van der Waals surface area contributed by atoms with Gasteiger partial charge in [-0.15, -0.1) is 0 Å². The third kappa shape index (κ3) is 3.68. The second-order valence-corrected chi connectivity index (χ2v) is 8.95. The second-order valence-electron chi connectivity index (χ2n) is 7.67. The molecule has 2 aromatic carbocycles. The quantitative estimate of drug-likeness (QED) is 0.467. The summed E-state index contributed by atoms with van der Waals surface area (Å²) in [6, 6.07) is 11.5. The molecule has 1 amide bonds. The van der Waals surface area contributed by atoms with Crippen LogP contribution in [0.1, 0.15) is 41.2 Å². The van der Waals surface area contributed by atoms with Gasteiger partial charge in [0, 0.05) is 44.0 Å². The molecule has 1 aliphatic heterocycles. The zero-order valence-corrected chi connectivity index (χ0v) is 18.9. The second kappa shape index (κ2) is 8.28. The van der Waals surface area contributed by atoms with Gasteiger partial charge in [-0.2, -0.15) is 5.10 Å². The Hall–Kier alpha value is -2.80. The van der Waals surface area contributed by atoms with Crippen molar-refractivity contribution in [1.82, 2.24) is 9.78 Å². The van der Waals surface area contributed by atoms with E-state index in [1.807, 2.05) is 0 Å². The maximum absolute atomic E-state index is 13.0. The number of nitrogens with zero attached hydrogens (tertiary/aromatic N) is 2. The Kier molecular flexibility index (Phi) is 5.45. The Morgan fingerprint density at radius 1 is 1.06 bits per heavy atom. The van der Waals surface area contributed by atoms with Crippen molar-refractivity contribution < 1.29 is 9.59 Å². The topological polar surface area (TPSA) is 76.0 Å². The Morgan fingerprint density at radius 2 is 1.81 bits per heavy atom. The fourth-order valence-corrected chi connectivity index (χ4v) is 4.80. The number of hydrogen-bond donors (Lipinski definition) is 2. The molecule has 32 heavy (non-hydrogen) atoms. The van der Waals surface area contributed by atoms with Crippen molar-refractivity contribution in [2.45, 2.75) is 25.3 Å². The van der Waals surface area contributed by atoms with Crippen LogP contribution in [0.2, 0.25) is 15.1 Å². The Balaban J connectivity index is 1.59. The van der Waals surface area contributed by atoms with Gasteiger partial charge in [0.1, 0.15) is 17.4 Å². The number of hydrogen-bond acceptors (Lipinski definition) is 4. The average Bonchev–Trinajstić information content (AvgIpc) is 3.18. The van der Waals surface area contributed by atoms with Crippen LogP contribution in [-0.4, -0.2) is 21.5 Å². The SMILES string of the molecule is O=C1CCCC2=C1C(c1ccc(Cl)cc1Cl)n1ncc(C(=O)Nc3ccc(Cl)cc3)c1N2. The fraction of sp³-hybridized carbons (Fsp3) is 0.174. The molecule has 2 aliphatic rings. The Morgan fingerprint density at radius 3 is 2.56 bits per heavy atom. The van der Waals surface area contributed by atoms with Crippen LogP contribution < -0.4 is 10.6 Å². The van der Waals surface area contributed by atoms with Crippen LogP contribution in [0.4, 0.5) is 11.5 Å². The van der Waals surface area contributed by atoms with Gasteiger partial charge in [0.2, 0.25) is 0 Å². The highest BCUT2D eigenvalue weighted by Gasteiger charge is 2.38. The summed E-state index contributed by atoms with van der Waals surface area (Å²) < 4.78 is 1.65. The number of anilines is 2. The zero-order chi connectivity index (χ0) is 22.4. The van der Waals surface area contributed by atoms with Crippen molar-refractivity contribution in [2.75, 3.05) is 10.6 Å². The molecule has 1 aromatic heterocycles. The summed E-state index contributed by atoms with van der Waals surface area (Å²) in [5, 5.41) is 12.1. The lowest BCUT2D eigenvalue weighted by Gasteiger charge is -2.33. The minimum absolute atomic E-state index is 0.0445. The number of allylic oxidation sites excluding steroid dienone is 2. The maximum atomic E-state index is 13.0. The predicted octanol–water partition coefficient (Wildman–Crippen LogP) is 6.12. The van der Waals surface area contributed by atoms with Gasteiger partial charge >= 0.3 is 0 Å². The van der Waals surface area contributed by atoms with Gasteiger partial charge in [-0.1, -0.05) is 40.9 Å². The lowest BCUT2D eigenvalue weighted by molar-refractivity contribution is -0.116.